The van der Waals surface area contributed by atoms with Gasteiger partial charge in [0, 0.05) is 37.6 Å². The molecule has 7 nitrogen and oxygen atoms in total. The molecule has 3 rings (SSSR count). The van der Waals surface area contributed by atoms with Gasteiger partial charge in [0.15, 0.2) is 11.3 Å². The van der Waals surface area contributed by atoms with Crippen LogP contribution >= 0.6 is 0 Å². The highest BCUT2D eigenvalue weighted by atomic mass is 16.2. The van der Waals surface area contributed by atoms with Crippen molar-refractivity contribution in [2.75, 3.05) is 6.54 Å². The highest BCUT2D eigenvalue weighted by molar-refractivity contribution is 5.93. The first-order valence-electron chi connectivity index (χ1n) is 8.60. The fourth-order valence-corrected chi connectivity index (χ4v) is 2.69. The van der Waals surface area contributed by atoms with E-state index in [2.05, 4.69) is 20.3 Å². The van der Waals surface area contributed by atoms with E-state index in [0.29, 0.717) is 30.7 Å². The Hall–Kier alpha value is -3.09. The van der Waals surface area contributed by atoms with Crippen LogP contribution < -0.4 is 10.9 Å². The number of rotatable bonds is 6. The van der Waals surface area contributed by atoms with Crippen LogP contribution in [0.25, 0.3) is 11.2 Å². The molecule has 0 aliphatic rings. The minimum Gasteiger partial charge on any atom is -0.350 e. The predicted octanol–water partition coefficient (Wildman–Crippen LogP) is 1.81. The van der Waals surface area contributed by atoms with Gasteiger partial charge in [0.1, 0.15) is 5.52 Å². The average molecular weight is 351 g/mol. The number of nitrogens with one attached hydrogen (secondary N) is 1. The van der Waals surface area contributed by atoms with Crippen LogP contribution in [0, 0.1) is 5.92 Å². The summed E-state index contributed by atoms with van der Waals surface area (Å²) in [6.45, 7) is 4.87. The van der Waals surface area contributed by atoms with Gasteiger partial charge in [-0.3, -0.25) is 19.1 Å². The van der Waals surface area contributed by atoms with Crippen LogP contribution in [0.15, 0.2) is 47.5 Å². The zero-order valence-electron chi connectivity index (χ0n) is 14.8. The molecule has 0 saturated carbocycles. The average Bonchev–Trinajstić information content (AvgIpc) is 2.64. The van der Waals surface area contributed by atoms with E-state index >= 15 is 0 Å². The van der Waals surface area contributed by atoms with E-state index in [1.54, 1.807) is 24.5 Å². The van der Waals surface area contributed by atoms with E-state index in [-0.39, 0.29) is 11.6 Å². The summed E-state index contributed by atoms with van der Waals surface area (Å²) in [6, 6.07) is 9.12. The van der Waals surface area contributed by atoms with Crippen LogP contribution in [-0.4, -0.2) is 32.0 Å². The molecule has 0 radical (unpaired) electrons. The van der Waals surface area contributed by atoms with Gasteiger partial charge in [-0.1, -0.05) is 19.9 Å². The third kappa shape index (κ3) is 3.93. The van der Waals surface area contributed by atoms with Crippen molar-refractivity contribution in [3.05, 3.63) is 64.5 Å². The molecule has 0 fully saturated rings. The quantitative estimate of drug-likeness (QED) is 0.731. The van der Waals surface area contributed by atoms with Gasteiger partial charge < -0.3 is 5.32 Å². The lowest BCUT2D eigenvalue weighted by Crippen LogP contribution is -2.36. The van der Waals surface area contributed by atoms with Crippen molar-refractivity contribution in [1.29, 1.82) is 0 Å². The van der Waals surface area contributed by atoms with Crippen LogP contribution in [-0.2, 0) is 13.0 Å². The molecular formula is C19H21N5O2. The standard InChI is InChI=1S/C19H21N5O2/c1-13(2)12-24-17-15(7-5-10-21-17)23-16(19(24)26)18(25)22-11-8-14-6-3-4-9-20-14/h3-7,9-10,13H,8,11-12H2,1-2H3,(H,22,25). The zero-order chi connectivity index (χ0) is 18.5. The summed E-state index contributed by atoms with van der Waals surface area (Å²) < 4.78 is 1.53. The van der Waals surface area contributed by atoms with Gasteiger partial charge in [0.25, 0.3) is 11.5 Å². The molecule has 0 bridgehead atoms. The van der Waals surface area contributed by atoms with Gasteiger partial charge >= 0.3 is 0 Å². The third-order valence-electron chi connectivity index (χ3n) is 3.86. The maximum absolute atomic E-state index is 12.8. The Bertz CT molecular complexity index is 967. The Kier molecular flexibility index (Phi) is 5.36. The Morgan fingerprint density at radius 1 is 1.15 bits per heavy atom. The van der Waals surface area contributed by atoms with Gasteiger partial charge in [-0.25, -0.2) is 9.97 Å². The first-order chi connectivity index (χ1) is 12.6. The number of hydrogen-bond acceptors (Lipinski definition) is 5. The van der Waals surface area contributed by atoms with E-state index in [1.165, 1.54) is 4.57 Å². The number of nitrogens with zero attached hydrogens (tertiary/aromatic N) is 4. The molecule has 0 aromatic carbocycles. The van der Waals surface area contributed by atoms with Crippen LogP contribution in [0.4, 0.5) is 0 Å². The maximum Gasteiger partial charge on any atom is 0.283 e. The Labute approximate surface area is 151 Å². The largest absolute Gasteiger partial charge is 0.350 e. The molecule has 0 aliphatic heterocycles. The van der Waals surface area contributed by atoms with Crippen LogP contribution in [0.2, 0.25) is 0 Å². The number of carbonyl (C=O) groups excluding carboxylic acids is 1. The highest BCUT2D eigenvalue weighted by Crippen LogP contribution is 2.09. The van der Waals surface area contributed by atoms with E-state index in [0.717, 1.165) is 5.69 Å². The first kappa shape index (κ1) is 17.7. The summed E-state index contributed by atoms with van der Waals surface area (Å²) in [7, 11) is 0. The highest BCUT2D eigenvalue weighted by Gasteiger charge is 2.18. The first-order valence-corrected chi connectivity index (χ1v) is 8.60. The van der Waals surface area contributed by atoms with Crippen molar-refractivity contribution in [1.82, 2.24) is 24.8 Å². The number of fused-ring (bicyclic) bond motifs is 1. The van der Waals surface area contributed by atoms with Gasteiger partial charge in [0.2, 0.25) is 0 Å². The smallest absolute Gasteiger partial charge is 0.283 e. The summed E-state index contributed by atoms with van der Waals surface area (Å²) in [5.74, 6) is -0.241. The number of carbonyl (C=O) groups is 1. The lowest BCUT2D eigenvalue weighted by molar-refractivity contribution is 0.0947. The molecule has 3 aromatic rings. The van der Waals surface area contributed by atoms with Crippen LogP contribution in [0.5, 0.6) is 0 Å². The fraction of sp³-hybridized carbons (Fsp3) is 0.316. The molecule has 0 aliphatic carbocycles. The van der Waals surface area contributed by atoms with Crippen molar-refractivity contribution in [3.63, 3.8) is 0 Å². The second kappa shape index (κ2) is 7.86. The van der Waals surface area contributed by atoms with Gasteiger partial charge in [-0.2, -0.15) is 0 Å². The van der Waals surface area contributed by atoms with E-state index in [1.807, 2.05) is 32.0 Å². The Balaban J connectivity index is 1.85. The SMILES string of the molecule is CC(C)Cn1c(=O)c(C(=O)NCCc2ccccn2)nc2cccnc21. The summed E-state index contributed by atoms with van der Waals surface area (Å²) in [5.41, 5.74) is 1.38. The molecule has 0 saturated heterocycles. The second-order valence-corrected chi connectivity index (χ2v) is 6.44. The van der Waals surface area contributed by atoms with E-state index in [4.69, 9.17) is 0 Å². The van der Waals surface area contributed by atoms with E-state index < -0.39 is 11.5 Å². The molecule has 1 N–H and O–H groups in total. The number of amides is 1. The maximum atomic E-state index is 12.8. The van der Waals surface area contributed by atoms with Crippen molar-refractivity contribution >= 4 is 17.1 Å². The lowest BCUT2D eigenvalue weighted by Gasteiger charge is -2.13. The molecule has 3 heterocycles. The fourth-order valence-electron chi connectivity index (χ4n) is 2.69. The van der Waals surface area contributed by atoms with Crippen LogP contribution in [0.1, 0.15) is 30.0 Å². The minimum atomic E-state index is -0.478. The van der Waals surface area contributed by atoms with Crippen molar-refractivity contribution in [2.45, 2.75) is 26.8 Å². The van der Waals surface area contributed by atoms with Gasteiger partial charge in [0.05, 0.1) is 0 Å². The normalized spacial score (nSPS) is 11.0. The minimum absolute atomic E-state index is 0.104. The van der Waals surface area contributed by atoms with Crippen molar-refractivity contribution in [2.24, 2.45) is 5.92 Å². The molecule has 3 aromatic heterocycles. The zero-order valence-corrected chi connectivity index (χ0v) is 14.8. The van der Waals surface area contributed by atoms with Crippen molar-refractivity contribution < 1.29 is 4.79 Å². The molecule has 0 spiro atoms. The summed E-state index contributed by atoms with van der Waals surface area (Å²) in [5, 5.41) is 2.76. The Morgan fingerprint density at radius 3 is 2.69 bits per heavy atom. The van der Waals surface area contributed by atoms with Gasteiger partial charge in [-0.05, 0) is 30.2 Å². The number of hydrogen-bond donors (Lipinski definition) is 1. The molecule has 1 amide bonds. The second-order valence-electron chi connectivity index (χ2n) is 6.44. The lowest BCUT2D eigenvalue weighted by atomic mass is 10.2. The molecule has 7 heteroatoms. The molecular weight excluding hydrogens is 330 g/mol. The van der Waals surface area contributed by atoms with Gasteiger partial charge in [-0.15, -0.1) is 0 Å². The molecule has 26 heavy (non-hydrogen) atoms. The molecule has 134 valence electrons. The summed E-state index contributed by atoms with van der Waals surface area (Å²) in [4.78, 5) is 38.0. The van der Waals surface area contributed by atoms with E-state index in [9.17, 15) is 9.59 Å². The molecule has 0 atom stereocenters. The predicted molar refractivity (Wildman–Crippen MR) is 98.9 cm³/mol. The monoisotopic (exact) mass is 351 g/mol. The van der Waals surface area contributed by atoms with Crippen LogP contribution in [0.3, 0.4) is 0 Å². The topological polar surface area (TPSA) is 89.8 Å². The third-order valence-corrected chi connectivity index (χ3v) is 3.86. The Morgan fingerprint density at radius 2 is 1.96 bits per heavy atom. The molecule has 0 unspecified atom stereocenters. The van der Waals surface area contributed by atoms with Crippen molar-refractivity contribution in [3.8, 4) is 0 Å². The summed E-state index contributed by atoms with van der Waals surface area (Å²) in [6.07, 6.45) is 3.91. The number of pyridine rings is 2. The summed E-state index contributed by atoms with van der Waals surface area (Å²) >= 11 is 0. The number of aromatic nitrogens is 4.